The molecule has 0 aromatic rings. The maximum atomic E-state index is 12.1. The van der Waals surface area contributed by atoms with Crippen LogP contribution in [0.1, 0.15) is 98.8 Å². The number of aliphatic hydroxyl groups is 1. The predicted octanol–water partition coefficient (Wildman–Crippen LogP) is 6.57. The van der Waals surface area contributed by atoms with E-state index in [2.05, 4.69) is 34.6 Å². The highest BCUT2D eigenvalue weighted by atomic mass is 16.3. The van der Waals surface area contributed by atoms with Crippen LogP contribution in [0.25, 0.3) is 0 Å². The van der Waals surface area contributed by atoms with E-state index in [-0.39, 0.29) is 11.2 Å². The first-order chi connectivity index (χ1) is 13.7. The second-order valence-electron chi connectivity index (χ2n) is 12.1. The second-order valence-corrected chi connectivity index (χ2v) is 12.1. The molecule has 1 unspecified atom stereocenters. The summed E-state index contributed by atoms with van der Waals surface area (Å²) in [6.45, 7) is 12.1. The van der Waals surface area contributed by atoms with E-state index in [0.29, 0.717) is 17.8 Å². The third-order valence-corrected chi connectivity index (χ3v) is 10.3. The number of carbonyl (C=O) groups excluding carboxylic acids is 1. The lowest BCUT2D eigenvalue weighted by molar-refractivity contribution is -0.128. The lowest BCUT2D eigenvalue weighted by atomic mass is 9.46. The van der Waals surface area contributed by atoms with Crippen LogP contribution >= 0.6 is 0 Å². The SMILES string of the molecule is CC(C)CCC[C@@H](C)[C@H]1CC[C@H]2[C@@H]3CCC4=CC(=O)CC(O)[C@]4(C)[C@H]3CC[C@]12C. The van der Waals surface area contributed by atoms with E-state index < -0.39 is 6.10 Å². The Bertz CT molecular complexity index is 663. The van der Waals surface area contributed by atoms with Gasteiger partial charge < -0.3 is 5.11 Å². The highest BCUT2D eigenvalue weighted by Gasteiger charge is 2.61. The average molecular weight is 401 g/mol. The van der Waals surface area contributed by atoms with Gasteiger partial charge in [0, 0.05) is 11.8 Å². The molecule has 0 aromatic heterocycles. The van der Waals surface area contributed by atoms with Gasteiger partial charge in [0.15, 0.2) is 5.78 Å². The molecule has 0 aromatic carbocycles. The smallest absolute Gasteiger partial charge is 0.158 e. The van der Waals surface area contributed by atoms with Crippen molar-refractivity contribution >= 4 is 5.78 Å². The molecule has 0 heterocycles. The maximum absolute atomic E-state index is 12.1. The Morgan fingerprint density at radius 1 is 1.07 bits per heavy atom. The monoisotopic (exact) mass is 400 g/mol. The Kier molecular flexibility index (Phi) is 5.82. The number of ketones is 1. The maximum Gasteiger partial charge on any atom is 0.158 e. The average Bonchev–Trinajstić information content (AvgIpc) is 3.00. The number of rotatable bonds is 5. The van der Waals surface area contributed by atoms with Crippen molar-refractivity contribution in [3.8, 4) is 0 Å². The molecule has 0 saturated heterocycles. The standard InChI is InChI=1S/C27H44O2/c1-17(2)7-6-8-18(3)22-11-12-23-21-10-9-19-15-20(28)16-25(29)27(19,5)24(21)13-14-26(22,23)4/h15,17-18,21-25,29H,6-14,16H2,1-5H3/t18-,21+,22-,23+,24+,25?,26-,27+/m1/s1. The van der Waals surface area contributed by atoms with E-state index in [9.17, 15) is 9.90 Å². The summed E-state index contributed by atoms with van der Waals surface area (Å²) in [4.78, 5) is 12.1. The van der Waals surface area contributed by atoms with Gasteiger partial charge in [0.2, 0.25) is 0 Å². The highest BCUT2D eigenvalue weighted by Crippen LogP contribution is 2.67. The van der Waals surface area contributed by atoms with Gasteiger partial charge in [-0.25, -0.2) is 0 Å². The Hall–Kier alpha value is -0.630. The van der Waals surface area contributed by atoms with Gasteiger partial charge in [-0.2, -0.15) is 0 Å². The zero-order chi connectivity index (χ0) is 21.0. The van der Waals surface area contributed by atoms with Crippen LogP contribution in [0.2, 0.25) is 0 Å². The van der Waals surface area contributed by atoms with Crippen LogP contribution in [0, 0.1) is 46.3 Å². The summed E-state index contributed by atoms with van der Waals surface area (Å²) in [5.74, 6) is 4.81. The van der Waals surface area contributed by atoms with Crippen molar-refractivity contribution in [1.29, 1.82) is 0 Å². The van der Waals surface area contributed by atoms with Gasteiger partial charge in [-0.15, -0.1) is 0 Å². The number of carbonyl (C=O) groups is 1. The topological polar surface area (TPSA) is 37.3 Å². The van der Waals surface area contributed by atoms with E-state index in [0.717, 1.165) is 36.0 Å². The summed E-state index contributed by atoms with van der Waals surface area (Å²) in [5.41, 5.74) is 1.60. The first kappa shape index (κ1) is 21.6. The molecule has 0 aliphatic heterocycles. The van der Waals surface area contributed by atoms with Crippen molar-refractivity contribution in [2.45, 2.75) is 105 Å². The Morgan fingerprint density at radius 3 is 2.55 bits per heavy atom. The van der Waals surface area contributed by atoms with E-state index in [4.69, 9.17) is 0 Å². The van der Waals surface area contributed by atoms with E-state index in [1.54, 1.807) is 0 Å². The predicted molar refractivity (Wildman–Crippen MR) is 119 cm³/mol. The van der Waals surface area contributed by atoms with Crippen molar-refractivity contribution < 1.29 is 9.90 Å². The molecule has 0 bridgehead atoms. The first-order valence-electron chi connectivity index (χ1n) is 12.6. The number of hydrogen-bond donors (Lipinski definition) is 1. The molecule has 0 radical (unpaired) electrons. The molecule has 0 spiro atoms. The molecule has 4 aliphatic carbocycles. The van der Waals surface area contributed by atoms with Crippen LogP contribution in [0.3, 0.4) is 0 Å². The zero-order valence-corrected chi connectivity index (χ0v) is 19.5. The molecule has 1 N–H and O–H groups in total. The molecule has 2 nitrogen and oxygen atoms in total. The second kappa shape index (κ2) is 7.81. The minimum absolute atomic E-state index is 0.139. The van der Waals surface area contributed by atoms with Crippen LogP contribution < -0.4 is 0 Å². The molecule has 164 valence electrons. The van der Waals surface area contributed by atoms with Crippen LogP contribution in [-0.2, 0) is 4.79 Å². The van der Waals surface area contributed by atoms with E-state index >= 15 is 0 Å². The highest BCUT2D eigenvalue weighted by molar-refractivity contribution is 5.92. The van der Waals surface area contributed by atoms with Crippen molar-refractivity contribution in [2.75, 3.05) is 0 Å². The third kappa shape index (κ3) is 3.46. The van der Waals surface area contributed by atoms with Crippen molar-refractivity contribution in [1.82, 2.24) is 0 Å². The first-order valence-corrected chi connectivity index (χ1v) is 12.6. The van der Waals surface area contributed by atoms with Gasteiger partial charge in [-0.3, -0.25) is 4.79 Å². The number of fused-ring (bicyclic) bond motifs is 5. The molecule has 0 amide bonds. The van der Waals surface area contributed by atoms with Crippen LogP contribution in [-0.4, -0.2) is 17.0 Å². The molecule has 2 heteroatoms. The van der Waals surface area contributed by atoms with E-state index in [1.165, 1.54) is 56.9 Å². The molecule has 3 saturated carbocycles. The molecule has 4 rings (SSSR count). The Morgan fingerprint density at radius 2 is 1.83 bits per heavy atom. The summed E-state index contributed by atoms with van der Waals surface area (Å²) >= 11 is 0. The molecular weight excluding hydrogens is 356 g/mol. The van der Waals surface area contributed by atoms with Gasteiger partial charge in [0.05, 0.1) is 6.10 Å². The van der Waals surface area contributed by atoms with Crippen LogP contribution in [0.15, 0.2) is 11.6 Å². The zero-order valence-electron chi connectivity index (χ0n) is 19.5. The fourth-order valence-electron chi connectivity index (χ4n) is 8.63. The summed E-state index contributed by atoms with van der Waals surface area (Å²) in [6.07, 6.45) is 13.5. The number of hydrogen-bond acceptors (Lipinski definition) is 2. The Balaban J connectivity index is 1.52. The van der Waals surface area contributed by atoms with Crippen molar-refractivity contribution in [2.24, 2.45) is 46.3 Å². The lowest BCUT2D eigenvalue weighted by Crippen LogP contribution is -2.55. The molecule has 29 heavy (non-hydrogen) atoms. The quantitative estimate of drug-likeness (QED) is 0.567. The number of aliphatic hydroxyl groups excluding tert-OH is 1. The minimum Gasteiger partial charge on any atom is -0.392 e. The summed E-state index contributed by atoms with van der Waals surface area (Å²) in [7, 11) is 0. The molecular formula is C27H44O2. The van der Waals surface area contributed by atoms with Gasteiger partial charge in [0.1, 0.15) is 0 Å². The molecule has 4 aliphatic rings. The minimum atomic E-state index is -0.473. The van der Waals surface area contributed by atoms with Crippen molar-refractivity contribution in [3.63, 3.8) is 0 Å². The lowest BCUT2D eigenvalue weighted by Gasteiger charge is -2.59. The normalized spacial score (nSPS) is 45.4. The Labute approximate surface area is 178 Å². The van der Waals surface area contributed by atoms with Crippen molar-refractivity contribution in [3.05, 3.63) is 11.6 Å². The van der Waals surface area contributed by atoms with Gasteiger partial charge in [-0.05, 0) is 85.5 Å². The van der Waals surface area contributed by atoms with Crippen LogP contribution in [0.5, 0.6) is 0 Å². The van der Waals surface area contributed by atoms with Gasteiger partial charge in [-0.1, -0.05) is 59.5 Å². The summed E-state index contributed by atoms with van der Waals surface area (Å²) in [6, 6.07) is 0. The van der Waals surface area contributed by atoms with E-state index in [1.807, 2.05) is 6.08 Å². The molecule has 3 fully saturated rings. The third-order valence-electron chi connectivity index (χ3n) is 10.3. The van der Waals surface area contributed by atoms with Crippen LogP contribution in [0.4, 0.5) is 0 Å². The largest absolute Gasteiger partial charge is 0.392 e. The summed E-state index contributed by atoms with van der Waals surface area (Å²) in [5, 5.41) is 11.0. The fraction of sp³-hybridized carbons (Fsp3) is 0.889. The molecule has 8 atom stereocenters. The van der Waals surface area contributed by atoms with Gasteiger partial charge >= 0.3 is 0 Å². The summed E-state index contributed by atoms with van der Waals surface area (Å²) < 4.78 is 0. The fourth-order valence-corrected chi connectivity index (χ4v) is 8.63. The van der Waals surface area contributed by atoms with Gasteiger partial charge in [0.25, 0.3) is 0 Å².